The predicted molar refractivity (Wildman–Crippen MR) is 103 cm³/mol. The van der Waals surface area contributed by atoms with Crippen LogP contribution >= 0.6 is 15.9 Å². The maximum absolute atomic E-state index is 12.3. The Morgan fingerprint density at radius 3 is 1.75 bits per heavy atom. The highest BCUT2D eigenvalue weighted by Gasteiger charge is 2.13. The molecule has 0 amide bonds. The molecule has 1 saturated carbocycles. The van der Waals surface area contributed by atoms with Crippen molar-refractivity contribution in [2.75, 3.05) is 0 Å². The van der Waals surface area contributed by atoms with Crippen LogP contribution in [0.1, 0.15) is 70.6 Å². The zero-order valence-corrected chi connectivity index (χ0v) is 16.5. The van der Waals surface area contributed by atoms with Crippen LogP contribution in [-0.4, -0.2) is 14.1 Å². The first-order valence-electron chi connectivity index (χ1n) is 8.91. The van der Waals surface area contributed by atoms with Crippen LogP contribution in [-0.2, 0) is 10.0 Å². The first-order chi connectivity index (χ1) is 11.6. The number of nitrogens with zero attached hydrogens (tertiary/aromatic N) is 1. The van der Waals surface area contributed by atoms with Crippen molar-refractivity contribution in [3.05, 3.63) is 28.7 Å². The van der Waals surface area contributed by atoms with Gasteiger partial charge in [0, 0.05) is 10.2 Å². The fraction of sp³-hybridized carbons (Fsp3) is 0.611. The Bertz CT molecular complexity index is 613. The van der Waals surface area contributed by atoms with Gasteiger partial charge in [0.2, 0.25) is 0 Å². The van der Waals surface area contributed by atoms with E-state index in [2.05, 4.69) is 25.9 Å². The number of hydrogen-bond acceptors (Lipinski definition) is 3. The summed E-state index contributed by atoms with van der Waals surface area (Å²) in [6, 6.07) is 6.59. The number of halogens is 1. The van der Waals surface area contributed by atoms with E-state index in [0.717, 1.165) is 35.9 Å². The number of nitrogens with one attached hydrogen (secondary N) is 1. The van der Waals surface area contributed by atoms with Gasteiger partial charge in [0.05, 0.1) is 4.90 Å². The monoisotopic (exact) mass is 414 g/mol. The van der Waals surface area contributed by atoms with Crippen molar-refractivity contribution in [3.63, 3.8) is 0 Å². The van der Waals surface area contributed by atoms with Gasteiger partial charge >= 0.3 is 0 Å². The van der Waals surface area contributed by atoms with Crippen molar-refractivity contribution in [1.82, 2.24) is 4.83 Å². The molecule has 0 radical (unpaired) electrons. The van der Waals surface area contributed by atoms with Gasteiger partial charge in [-0.15, -0.1) is 0 Å². The number of hydrogen-bond donors (Lipinski definition) is 1. The van der Waals surface area contributed by atoms with Crippen molar-refractivity contribution in [2.24, 2.45) is 5.10 Å². The summed E-state index contributed by atoms with van der Waals surface area (Å²) in [5.74, 6) is 0. The van der Waals surface area contributed by atoms with Gasteiger partial charge in [-0.2, -0.15) is 13.5 Å². The molecule has 0 spiro atoms. The largest absolute Gasteiger partial charge is 0.276 e. The molecule has 0 atom stereocenters. The van der Waals surface area contributed by atoms with E-state index < -0.39 is 10.0 Å². The lowest BCUT2D eigenvalue weighted by atomic mass is 10.00. The molecule has 1 N–H and O–H groups in total. The average molecular weight is 415 g/mol. The lowest BCUT2D eigenvalue weighted by Gasteiger charge is -2.10. The van der Waals surface area contributed by atoms with E-state index in [4.69, 9.17) is 0 Å². The van der Waals surface area contributed by atoms with Crippen molar-refractivity contribution in [1.29, 1.82) is 0 Å². The molecule has 0 aromatic heterocycles. The summed E-state index contributed by atoms with van der Waals surface area (Å²) in [7, 11) is -3.59. The standard InChI is InChI=1S/C18H27BrN2O2S/c19-16-12-14-18(15-13-16)24(22,23)21-20-17-10-8-6-4-2-1-3-5-7-9-11-17/h12-15,21H,1-11H2. The van der Waals surface area contributed by atoms with Gasteiger partial charge in [0.15, 0.2) is 0 Å². The quantitative estimate of drug-likeness (QED) is 0.673. The molecule has 0 unspecified atom stereocenters. The predicted octanol–water partition coefficient (Wildman–Crippen LogP) is 5.39. The summed E-state index contributed by atoms with van der Waals surface area (Å²) in [6.07, 6.45) is 12.9. The highest BCUT2D eigenvalue weighted by atomic mass is 79.9. The van der Waals surface area contributed by atoms with Gasteiger partial charge in [-0.3, -0.25) is 0 Å². The number of rotatable bonds is 3. The van der Waals surface area contributed by atoms with Crippen molar-refractivity contribution < 1.29 is 8.42 Å². The second-order valence-corrected chi connectivity index (χ2v) is 8.99. The molecule has 1 aromatic carbocycles. The molecule has 0 saturated heterocycles. The third-order valence-corrected chi connectivity index (χ3v) is 6.13. The third-order valence-electron chi connectivity index (χ3n) is 4.38. The summed E-state index contributed by atoms with van der Waals surface area (Å²) in [5.41, 5.74) is 0.983. The van der Waals surface area contributed by atoms with Crippen molar-refractivity contribution >= 4 is 31.7 Å². The van der Waals surface area contributed by atoms with Crippen LogP contribution < -0.4 is 4.83 Å². The molecule has 1 aliphatic carbocycles. The average Bonchev–Trinajstić information content (AvgIpc) is 2.55. The minimum Gasteiger partial charge on any atom is -0.200 e. The van der Waals surface area contributed by atoms with Gasteiger partial charge in [-0.1, -0.05) is 60.9 Å². The summed E-state index contributed by atoms with van der Waals surface area (Å²) in [6.45, 7) is 0. The van der Waals surface area contributed by atoms with E-state index in [9.17, 15) is 8.42 Å². The Balaban J connectivity index is 1.98. The minimum atomic E-state index is -3.59. The molecule has 4 nitrogen and oxygen atoms in total. The van der Waals surface area contributed by atoms with Crippen LogP contribution in [0.3, 0.4) is 0 Å². The topological polar surface area (TPSA) is 58.5 Å². The fourth-order valence-corrected chi connectivity index (χ4v) is 4.04. The van der Waals surface area contributed by atoms with E-state index in [1.54, 1.807) is 24.3 Å². The van der Waals surface area contributed by atoms with Gasteiger partial charge in [-0.25, -0.2) is 4.83 Å². The Hall–Kier alpha value is -0.880. The summed E-state index contributed by atoms with van der Waals surface area (Å²) >= 11 is 3.31. The van der Waals surface area contributed by atoms with Crippen LogP contribution in [0.25, 0.3) is 0 Å². The smallest absolute Gasteiger partial charge is 0.200 e. The molecule has 0 bridgehead atoms. The molecule has 1 fully saturated rings. The molecule has 6 heteroatoms. The number of hydrazone groups is 1. The Labute approximate surface area is 154 Å². The first kappa shape index (κ1) is 19.4. The SMILES string of the molecule is O=S(=O)(NN=C1CCCCCCCCCCC1)c1ccc(Br)cc1. The number of sulfonamides is 1. The molecule has 0 heterocycles. The van der Waals surface area contributed by atoms with Crippen LogP contribution in [0.15, 0.2) is 38.7 Å². The van der Waals surface area contributed by atoms with E-state index >= 15 is 0 Å². The summed E-state index contributed by atoms with van der Waals surface area (Å²) < 4.78 is 25.5. The molecule has 1 aromatic rings. The van der Waals surface area contributed by atoms with E-state index in [1.165, 1.54) is 44.9 Å². The van der Waals surface area contributed by atoms with Crippen molar-refractivity contribution in [3.8, 4) is 0 Å². The molecule has 1 aliphatic rings. The van der Waals surface area contributed by atoms with Crippen molar-refractivity contribution in [2.45, 2.75) is 75.5 Å². The van der Waals surface area contributed by atoms with E-state index in [1.807, 2.05) is 0 Å². The van der Waals surface area contributed by atoms with Gasteiger partial charge in [0.1, 0.15) is 0 Å². The molecule has 2 rings (SSSR count). The molecule has 24 heavy (non-hydrogen) atoms. The fourth-order valence-electron chi connectivity index (χ4n) is 2.92. The Morgan fingerprint density at radius 1 is 0.792 bits per heavy atom. The van der Waals surface area contributed by atoms with Gasteiger partial charge < -0.3 is 0 Å². The van der Waals surface area contributed by atoms with Crippen LogP contribution in [0, 0.1) is 0 Å². The normalized spacial score (nSPS) is 18.3. The zero-order chi connectivity index (χ0) is 17.3. The van der Waals surface area contributed by atoms with Crippen LogP contribution in [0.5, 0.6) is 0 Å². The van der Waals surface area contributed by atoms with Crippen LogP contribution in [0.2, 0.25) is 0 Å². The zero-order valence-electron chi connectivity index (χ0n) is 14.1. The Morgan fingerprint density at radius 2 is 1.25 bits per heavy atom. The summed E-state index contributed by atoms with van der Waals surface area (Å²) in [4.78, 5) is 2.66. The van der Waals surface area contributed by atoms with Gasteiger partial charge in [0.25, 0.3) is 10.0 Å². The third kappa shape index (κ3) is 6.93. The first-order valence-corrected chi connectivity index (χ1v) is 11.2. The number of benzene rings is 1. The maximum atomic E-state index is 12.3. The highest BCUT2D eigenvalue weighted by molar-refractivity contribution is 9.10. The highest BCUT2D eigenvalue weighted by Crippen LogP contribution is 2.17. The van der Waals surface area contributed by atoms with Gasteiger partial charge in [-0.05, 0) is 49.9 Å². The second-order valence-electron chi connectivity index (χ2n) is 6.41. The summed E-state index contributed by atoms with van der Waals surface area (Å²) in [5, 5.41) is 4.25. The van der Waals surface area contributed by atoms with Crippen LogP contribution in [0.4, 0.5) is 0 Å². The maximum Gasteiger partial charge on any atom is 0.276 e. The molecular formula is C18H27BrN2O2S. The van der Waals surface area contributed by atoms with E-state index in [-0.39, 0.29) is 4.90 Å². The second kappa shape index (κ2) is 10.2. The Kier molecular flexibility index (Phi) is 8.25. The molecular weight excluding hydrogens is 388 g/mol. The minimum absolute atomic E-state index is 0.239. The lowest BCUT2D eigenvalue weighted by molar-refractivity contribution is 0.554. The molecule has 0 aliphatic heterocycles. The molecule has 134 valence electrons. The van der Waals surface area contributed by atoms with E-state index in [0.29, 0.717) is 0 Å². The lowest BCUT2D eigenvalue weighted by Crippen LogP contribution is -2.20.